The van der Waals surface area contributed by atoms with Crippen molar-refractivity contribution >= 4 is 18.0 Å². The molecule has 0 unspecified atom stereocenters. The number of carbonyl (C=O) groups excluding carboxylic acids is 2. The van der Waals surface area contributed by atoms with Gasteiger partial charge in [0.05, 0.1) is 12.5 Å². The van der Waals surface area contributed by atoms with Gasteiger partial charge in [-0.1, -0.05) is 48.5 Å². The van der Waals surface area contributed by atoms with E-state index in [1.54, 1.807) is 6.07 Å². The van der Waals surface area contributed by atoms with Crippen molar-refractivity contribution in [3.05, 3.63) is 83.3 Å². The Morgan fingerprint density at radius 1 is 0.941 bits per heavy atom. The molecule has 1 saturated carbocycles. The molecule has 0 bridgehead atoms. The summed E-state index contributed by atoms with van der Waals surface area (Å²) in [6.45, 7) is 0.291. The minimum atomic E-state index is -0.843. The van der Waals surface area contributed by atoms with Gasteiger partial charge in [0.1, 0.15) is 12.4 Å². The van der Waals surface area contributed by atoms with Crippen molar-refractivity contribution in [1.29, 1.82) is 0 Å². The monoisotopic (exact) mass is 460 g/mol. The van der Waals surface area contributed by atoms with Crippen molar-refractivity contribution in [2.24, 2.45) is 5.92 Å². The molecule has 0 atom stereocenters. The summed E-state index contributed by atoms with van der Waals surface area (Å²) in [7, 11) is 0. The maximum atomic E-state index is 12.3. The fraction of sp³-hybridized carbons (Fsp3) is 0.269. The minimum absolute atomic E-state index is 0.0238. The van der Waals surface area contributed by atoms with Gasteiger partial charge in [0, 0.05) is 12.0 Å². The van der Waals surface area contributed by atoms with Gasteiger partial charge < -0.3 is 24.9 Å². The third-order valence-electron chi connectivity index (χ3n) is 6.46. The Hall–Kier alpha value is -4.07. The molecular weight excluding hydrogens is 436 g/mol. The summed E-state index contributed by atoms with van der Waals surface area (Å²) in [6, 6.07) is 19.2. The number of rotatable bonds is 7. The van der Waals surface area contributed by atoms with Gasteiger partial charge in [0.2, 0.25) is 0 Å². The third-order valence-corrected chi connectivity index (χ3v) is 6.46. The van der Waals surface area contributed by atoms with Crippen LogP contribution >= 0.6 is 0 Å². The highest BCUT2D eigenvalue weighted by molar-refractivity contribution is 5.92. The summed E-state index contributed by atoms with van der Waals surface area (Å²) in [4.78, 5) is 35.4. The highest BCUT2D eigenvalue weighted by Crippen LogP contribution is 2.44. The number of hydrogen-bond donors (Lipinski definition) is 3. The molecule has 34 heavy (non-hydrogen) atoms. The van der Waals surface area contributed by atoms with Gasteiger partial charge in [-0.05, 0) is 47.2 Å². The summed E-state index contributed by atoms with van der Waals surface area (Å²) >= 11 is 0. The van der Waals surface area contributed by atoms with Crippen LogP contribution in [0.25, 0.3) is 11.1 Å². The lowest BCUT2D eigenvalue weighted by molar-refractivity contribution is -0.145. The Balaban J connectivity index is 1.11. The second kappa shape index (κ2) is 9.05. The molecule has 0 spiro atoms. The fourth-order valence-corrected chi connectivity index (χ4v) is 4.60. The van der Waals surface area contributed by atoms with Crippen molar-refractivity contribution in [2.75, 3.05) is 6.61 Å². The van der Waals surface area contributed by atoms with Gasteiger partial charge in [-0.2, -0.15) is 0 Å². The SMILES string of the molecule is O=C(NCc1ccc(C(=O)NC2CC(C(=O)O)C2)o1)OCC1c2ccccc2-c2ccccc21. The van der Waals surface area contributed by atoms with E-state index >= 15 is 0 Å². The van der Waals surface area contributed by atoms with E-state index in [1.807, 2.05) is 24.3 Å². The van der Waals surface area contributed by atoms with Crippen molar-refractivity contribution in [1.82, 2.24) is 10.6 Å². The number of furan rings is 1. The number of carboxylic acids is 1. The minimum Gasteiger partial charge on any atom is -0.481 e. The highest BCUT2D eigenvalue weighted by atomic mass is 16.5. The molecule has 0 saturated heterocycles. The Kier molecular flexibility index (Phi) is 5.79. The van der Waals surface area contributed by atoms with Crippen LogP contribution in [0.15, 0.2) is 65.1 Å². The molecule has 2 aromatic carbocycles. The van der Waals surface area contributed by atoms with Crippen LogP contribution in [0.1, 0.15) is 46.2 Å². The standard InChI is InChI=1S/C26H24N2O6/c29-24(28-16-11-15(12-16)25(30)31)23-10-9-17(34-23)13-27-26(32)33-14-22-20-7-3-1-5-18(20)19-6-2-4-8-21(19)22/h1-10,15-16,22H,11-14H2,(H,27,32)(H,28,29)(H,30,31). The van der Waals surface area contributed by atoms with E-state index in [9.17, 15) is 14.4 Å². The van der Waals surface area contributed by atoms with E-state index in [0.717, 1.165) is 22.3 Å². The number of ether oxygens (including phenoxy) is 1. The van der Waals surface area contributed by atoms with Crippen LogP contribution in [-0.2, 0) is 16.1 Å². The molecule has 3 N–H and O–H groups in total. The molecule has 1 heterocycles. The molecule has 0 radical (unpaired) electrons. The summed E-state index contributed by atoms with van der Waals surface area (Å²) in [5.41, 5.74) is 4.60. The summed E-state index contributed by atoms with van der Waals surface area (Å²) in [5.74, 6) is -1.15. The first kappa shape index (κ1) is 21.8. The van der Waals surface area contributed by atoms with Crippen LogP contribution in [0.2, 0.25) is 0 Å². The van der Waals surface area contributed by atoms with E-state index in [-0.39, 0.29) is 30.9 Å². The van der Waals surface area contributed by atoms with Crippen LogP contribution in [0.3, 0.4) is 0 Å². The topological polar surface area (TPSA) is 118 Å². The number of carboxylic acid groups (broad SMARTS) is 1. The highest BCUT2D eigenvalue weighted by Gasteiger charge is 2.35. The second-order valence-corrected chi connectivity index (χ2v) is 8.62. The first-order chi connectivity index (χ1) is 16.5. The predicted octanol–water partition coefficient (Wildman–Crippen LogP) is 3.91. The molecular formula is C26H24N2O6. The molecule has 1 fully saturated rings. The van der Waals surface area contributed by atoms with E-state index in [0.29, 0.717) is 18.6 Å². The van der Waals surface area contributed by atoms with Crippen LogP contribution in [0, 0.1) is 5.92 Å². The van der Waals surface area contributed by atoms with E-state index in [1.165, 1.54) is 6.07 Å². The van der Waals surface area contributed by atoms with Crippen molar-refractivity contribution in [3.8, 4) is 11.1 Å². The zero-order valence-corrected chi connectivity index (χ0v) is 18.3. The normalized spacial score (nSPS) is 18.4. The van der Waals surface area contributed by atoms with Crippen LogP contribution < -0.4 is 10.6 Å². The van der Waals surface area contributed by atoms with Crippen molar-refractivity contribution < 1.29 is 28.6 Å². The Morgan fingerprint density at radius 3 is 2.24 bits per heavy atom. The molecule has 3 aromatic rings. The Bertz CT molecular complexity index is 1200. The largest absolute Gasteiger partial charge is 0.481 e. The van der Waals surface area contributed by atoms with Crippen molar-refractivity contribution in [3.63, 3.8) is 0 Å². The number of alkyl carbamates (subject to hydrolysis) is 1. The smallest absolute Gasteiger partial charge is 0.407 e. The van der Waals surface area contributed by atoms with E-state index < -0.39 is 23.9 Å². The molecule has 2 aliphatic carbocycles. The number of benzene rings is 2. The number of nitrogens with one attached hydrogen (secondary N) is 2. The zero-order chi connectivity index (χ0) is 23.7. The lowest BCUT2D eigenvalue weighted by atomic mass is 9.80. The predicted molar refractivity (Wildman–Crippen MR) is 122 cm³/mol. The molecule has 2 aliphatic rings. The number of amides is 2. The molecule has 2 amide bonds. The maximum absolute atomic E-state index is 12.3. The van der Waals surface area contributed by atoms with E-state index in [4.69, 9.17) is 14.3 Å². The number of fused-ring (bicyclic) bond motifs is 3. The molecule has 5 rings (SSSR count). The third kappa shape index (κ3) is 4.26. The van der Waals surface area contributed by atoms with Gasteiger partial charge in [-0.25, -0.2) is 4.79 Å². The summed E-state index contributed by atoms with van der Waals surface area (Å²) in [6.07, 6.45) is 0.258. The first-order valence-corrected chi connectivity index (χ1v) is 11.2. The zero-order valence-electron chi connectivity index (χ0n) is 18.3. The molecule has 0 aliphatic heterocycles. The lowest BCUT2D eigenvalue weighted by Crippen LogP contribution is -2.46. The number of hydrogen-bond acceptors (Lipinski definition) is 5. The average Bonchev–Trinajstić information content (AvgIpc) is 3.41. The van der Waals surface area contributed by atoms with Gasteiger partial charge in [0.15, 0.2) is 5.76 Å². The summed E-state index contributed by atoms with van der Waals surface area (Å²) < 4.78 is 11.0. The molecule has 8 nitrogen and oxygen atoms in total. The lowest BCUT2D eigenvalue weighted by Gasteiger charge is -2.32. The van der Waals surface area contributed by atoms with Crippen LogP contribution in [-0.4, -0.2) is 35.7 Å². The van der Waals surface area contributed by atoms with Gasteiger partial charge >= 0.3 is 12.1 Å². The Labute approximate surface area is 195 Å². The molecule has 174 valence electrons. The number of carbonyl (C=O) groups is 3. The maximum Gasteiger partial charge on any atom is 0.407 e. The molecule has 1 aromatic heterocycles. The van der Waals surface area contributed by atoms with E-state index in [2.05, 4.69) is 34.9 Å². The van der Waals surface area contributed by atoms with Gasteiger partial charge in [-0.3, -0.25) is 9.59 Å². The van der Waals surface area contributed by atoms with Crippen LogP contribution in [0.5, 0.6) is 0 Å². The second-order valence-electron chi connectivity index (χ2n) is 8.62. The molecule has 8 heteroatoms. The summed E-state index contributed by atoms with van der Waals surface area (Å²) in [5, 5.41) is 14.3. The van der Waals surface area contributed by atoms with Crippen LogP contribution in [0.4, 0.5) is 4.79 Å². The van der Waals surface area contributed by atoms with Crippen molar-refractivity contribution in [2.45, 2.75) is 31.3 Å². The van der Waals surface area contributed by atoms with Gasteiger partial charge in [0.25, 0.3) is 5.91 Å². The fourth-order valence-electron chi connectivity index (χ4n) is 4.60. The number of aliphatic carboxylic acids is 1. The van der Waals surface area contributed by atoms with Gasteiger partial charge in [-0.15, -0.1) is 0 Å². The first-order valence-electron chi connectivity index (χ1n) is 11.2. The average molecular weight is 460 g/mol. The Morgan fingerprint density at radius 2 is 1.59 bits per heavy atom. The quantitative estimate of drug-likeness (QED) is 0.492.